The minimum atomic E-state index is 0.328. The van der Waals surface area contributed by atoms with Crippen LogP contribution in [0.15, 0.2) is 35.7 Å². The van der Waals surface area contributed by atoms with Crippen molar-refractivity contribution in [3.05, 3.63) is 45.6 Å². The maximum atomic E-state index is 6.12. The molecule has 0 aliphatic heterocycles. The molecule has 0 radical (unpaired) electrons. The van der Waals surface area contributed by atoms with Gasteiger partial charge in [0.05, 0.1) is 18.2 Å². The number of ether oxygens (including phenoxy) is 1. The Hall–Kier alpha value is -1.19. The molecule has 1 aromatic carbocycles. The molecule has 1 unspecified atom stereocenters. The van der Waals surface area contributed by atoms with Gasteiger partial charge in [-0.3, -0.25) is 0 Å². The number of nitrogens with one attached hydrogen (secondary N) is 1. The molecule has 0 aliphatic rings. The summed E-state index contributed by atoms with van der Waals surface area (Å²) in [6.45, 7) is 2.17. The molecule has 4 heteroatoms. The molecule has 1 aromatic heterocycles. The topological polar surface area (TPSA) is 21.3 Å². The van der Waals surface area contributed by atoms with Crippen LogP contribution in [-0.4, -0.2) is 7.11 Å². The predicted octanol–water partition coefficient (Wildman–Crippen LogP) is 4.97. The van der Waals surface area contributed by atoms with Gasteiger partial charge in [0.15, 0.2) is 0 Å². The highest BCUT2D eigenvalue weighted by Crippen LogP contribution is 2.31. The molecule has 0 spiro atoms. The van der Waals surface area contributed by atoms with E-state index in [0.717, 1.165) is 12.1 Å². The lowest BCUT2D eigenvalue weighted by Crippen LogP contribution is -2.07. The Balaban J connectivity index is 2.15. The zero-order valence-corrected chi connectivity index (χ0v) is 12.0. The Morgan fingerprint density at radius 2 is 2.22 bits per heavy atom. The maximum Gasteiger partial charge on any atom is 0.137 e. The molecule has 1 N–H and O–H groups in total. The fourth-order valence-electron chi connectivity index (χ4n) is 1.82. The van der Waals surface area contributed by atoms with Gasteiger partial charge >= 0.3 is 0 Å². The fourth-order valence-corrected chi connectivity index (χ4v) is 2.94. The largest absolute Gasteiger partial charge is 0.495 e. The number of thiophene rings is 1. The number of halogens is 1. The van der Waals surface area contributed by atoms with E-state index in [4.69, 9.17) is 16.3 Å². The quantitative estimate of drug-likeness (QED) is 0.835. The molecule has 0 bridgehead atoms. The Bertz CT molecular complexity index is 499. The first kappa shape index (κ1) is 13.2. The van der Waals surface area contributed by atoms with E-state index in [2.05, 4.69) is 29.8 Å². The third kappa shape index (κ3) is 2.98. The van der Waals surface area contributed by atoms with Crippen LogP contribution in [0.5, 0.6) is 5.75 Å². The Kier molecular flexibility index (Phi) is 4.50. The van der Waals surface area contributed by atoms with Gasteiger partial charge in [0, 0.05) is 10.6 Å². The Labute approximate surface area is 117 Å². The van der Waals surface area contributed by atoms with Crippen molar-refractivity contribution >= 4 is 28.6 Å². The summed E-state index contributed by atoms with van der Waals surface area (Å²) in [5.41, 5.74) is 1.01. The van der Waals surface area contributed by atoms with Crippen LogP contribution in [0.2, 0.25) is 5.02 Å². The van der Waals surface area contributed by atoms with Crippen LogP contribution in [0.3, 0.4) is 0 Å². The summed E-state index contributed by atoms with van der Waals surface area (Å²) in [7, 11) is 1.62. The van der Waals surface area contributed by atoms with Crippen LogP contribution in [0.4, 0.5) is 5.69 Å². The second-order valence-corrected chi connectivity index (χ2v) is 5.36. The lowest BCUT2D eigenvalue weighted by atomic mass is 10.1. The van der Waals surface area contributed by atoms with Crippen molar-refractivity contribution in [3.63, 3.8) is 0 Å². The van der Waals surface area contributed by atoms with Crippen molar-refractivity contribution in [1.82, 2.24) is 0 Å². The van der Waals surface area contributed by atoms with Gasteiger partial charge in [-0.2, -0.15) is 0 Å². The molecule has 2 aromatic rings. The van der Waals surface area contributed by atoms with Gasteiger partial charge < -0.3 is 10.1 Å². The van der Waals surface area contributed by atoms with Crippen molar-refractivity contribution in [1.29, 1.82) is 0 Å². The molecule has 0 amide bonds. The minimum Gasteiger partial charge on any atom is -0.495 e. The molecule has 1 atom stereocenters. The lowest BCUT2D eigenvalue weighted by molar-refractivity contribution is 0.415. The van der Waals surface area contributed by atoms with Gasteiger partial charge in [0.25, 0.3) is 0 Å². The highest BCUT2D eigenvalue weighted by Gasteiger charge is 2.11. The van der Waals surface area contributed by atoms with Gasteiger partial charge in [-0.05, 0) is 36.1 Å². The molecule has 18 heavy (non-hydrogen) atoms. The summed E-state index contributed by atoms with van der Waals surface area (Å²) in [4.78, 5) is 1.34. The minimum absolute atomic E-state index is 0.328. The number of rotatable bonds is 5. The predicted molar refractivity (Wildman–Crippen MR) is 79.0 cm³/mol. The van der Waals surface area contributed by atoms with Crippen LogP contribution in [0, 0.1) is 0 Å². The van der Waals surface area contributed by atoms with Crippen LogP contribution in [-0.2, 0) is 0 Å². The van der Waals surface area contributed by atoms with E-state index >= 15 is 0 Å². The molecule has 0 fully saturated rings. The van der Waals surface area contributed by atoms with E-state index in [-0.39, 0.29) is 0 Å². The average molecular weight is 282 g/mol. The normalized spacial score (nSPS) is 12.2. The first-order chi connectivity index (χ1) is 8.74. The second kappa shape index (κ2) is 6.12. The van der Waals surface area contributed by atoms with Crippen molar-refractivity contribution in [2.24, 2.45) is 0 Å². The first-order valence-electron chi connectivity index (χ1n) is 5.88. The third-order valence-corrected chi connectivity index (χ3v) is 4.07. The molecular formula is C14H16ClNOS. The molecule has 2 nitrogen and oxygen atoms in total. The van der Waals surface area contributed by atoms with Crippen LogP contribution in [0.1, 0.15) is 24.3 Å². The summed E-state index contributed by atoms with van der Waals surface area (Å²) in [5.74, 6) is 0.700. The monoisotopic (exact) mass is 281 g/mol. The second-order valence-electron chi connectivity index (χ2n) is 3.97. The van der Waals surface area contributed by atoms with Gasteiger partial charge in [-0.1, -0.05) is 24.6 Å². The van der Waals surface area contributed by atoms with Gasteiger partial charge in [-0.25, -0.2) is 0 Å². The standard InChI is InChI=1S/C14H16ClNOS/c1-3-12(14-5-4-8-18-14)16-10-6-7-13(17-2)11(15)9-10/h4-9,12,16H,3H2,1-2H3. The highest BCUT2D eigenvalue weighted by molar-refractivity contribution is 7.10. The number of hydrogen-bond donors (Lipinski definition) is 1. The van der Waals surface area contributed by atoms with E-state index < -0.39 is 0 Å². The van der Waals surface area contributed by atoms with Crippen LogP contribution in [0.25, 0.3) is 0 Å². The summed E-state index contributed by atoms with van der Waals surface area (Å²) in [6.07, 6.45) is 1.03. The van der Waals surface area contributed by atoms with Gasteiger partial charge in [0.1, 0.15) is 5.75 Å². The lowest BCUT2D eigenvalue weighted by Gasteiger charge is -2.17. The van der Waals surface area contributed by atoms with Gasteiger partial charge in [-0.15, -0.1) is 11.3 Å². The Morgan fingerprint density at radius 1 is 1.39 bits per heavy atom. The summed E-state index contributed by atoms with van der Waals surface area (Å²) in [6, 6.07) is 10.3. The zero-order chi connectivity index (χ0) is 13.0. The van der Waals surface area contributed by atoms with Gasteiger partial charge in [0.2, 0.25) is 0 Å². The van der Waals surface area contributed by atoms with E-state index in [1.165, 1.54) is 4.88 Å². The summed E-state index contributed by atoms with van der Waals surface area (Å²) < 4.78 is 5.15. The smallest absolute Gasteiger partial charge is 0.137 e. The van der Waals surface area contributed by atoms with Crippen LogP contribution >= 0.6 is 22.9 Å². The third-order valence-electron chi connectivity index (χ3n) is 2.79. The molecule has 2 rings (SSSR count). The van der Waals surface area contributed by atoms with Crippen molar-refractivity contribution in [2.45, 2.75) is 19.4 Å². The van der Waals surface area contributed by atoms with E-state index in [0.29, 0.717) is 16.8 Å². The average Bonchev–Trinajstić information content (AvgIpc) is 2.90. The zero-order valence-electron chi connectivity index (χ0n) is 10.4. The fraction of sp³-hybridized carbons (Fsp3) is 0.286. The molecule has 0 saturated heterocycles. The molecule has 0 aliphatic carbocycles. The van der Waals surface area contributed by atoms with E-state index in [1.54, 1.807) is 18.4 Å². The molecular weight excluding hydrogens is 266 g/mol. The molecule has 0 saturated carbocycles. The van der Waals surface area contributed by atoms with Crippen molar-refractivity contribution in [2.75, 3.05) is 12.4 Å². The number of methoxy groups -OCH3 is 1. The van der Waals surface area contributed by atoms with Crippen molar-refractivity contribution < 1.29 is 4.74 Å². The van der Waals surface area contributed by atoms with Crippen LogP contribution < -0.4 is 10.1 Å². The number of anilines is 1. The van der Waals surface area contributed by atoms with Crippen molar-refractivity contribution in [3.8, 4) is 5.75 Å². The summed E-state index contributed by atoms with van der Waals surface area (Å²) >= 11 is 7.89. The highest BCUT2D eigenvalue weighted by atomic mass is 35.5. The maximum absolute atomic E-state index is 6.12. The Morgan fingerprint density at radius 3 is 2.78 bits per heavy atom. The number of benzene rings is 1. The van der Waals surface area contributed by atoms with E-state index in [1.807, 2.05) is 18.2 Å². The van der Waals surface area contributed by atoms with E-state index in [9.17, 15) is 0 Å². The first-order valence-corrected chi connectivity index (χ1v) is 7.13. The SMILES string of the molecule is CCC(Nc1ccc(OC)c(Cl)c1)c1cccs1. The number of hydrogen-bond acceptors (Lipinski definition) is 3. The molecule has 96 valence electrons. The summed E-state index contributed by atoms with van der Waals surface area (Å²) in [5, 5.41) is 6.22. The molecule has 1 heterocycles.